The minimum absolute atomic E-state index is 0.295. The monoisotopic (exact) mass is 209 g/mol. The van der Waals surface area contributed by atoms with Gasteiger partial charge in [-0.2, -0.15) is 0 Å². The van der Waals surface area contributed by atoms with Crippen molar-refractivity contribution in [2.24, 2.45) is 22.2 Å². The van der Waals surface area contributed by atoms with Crippen LogP contribution in [0, 0.1) is 22.2 Å². The van der Waals surface area contributed by atoms with Gasteiger partial charge in [-0.05, 0) is 49.0 Å². The van der Waals surface area contributed by atoms with Gasteiger partial charge in [0.2, 0.25) is 0 Å². The molecule has 0 saturated heterocycles. The summed E-state index contributed by atoms with van der Waals surface area (Å²) >= 11 is 0. The molecule has 0 radical (unpaired) electrons. The zero-order valence-corrected chi connectivity index (χ0v) is 11.5. The maximum absolute atomic E-state index is 3.64. The highest BCUT2D eigenvalue weighted by molar-refractivity contribution is 5.25. The smallest absolute Gasteiger partial charge is 0.0240 e. The normalized spacial score (nSPS) is 51.0. The summed E-state index contributed by atoms with van der Waals surface area (Å²) in [6.45, 7) is 14.8. The summed E-state index contributed by atoms with van der Waals surface area (Å²) in [4.78, 5) is 0. The van der Waals surface area contributed by atoms with Crippen LogP contribution in [0.5, 0.6) is 0 Å². The topological polar surface area (TPSA) is 12.0 Å². The molecule has 0 aliphatic heterocycles. The lowest BCUT2D eigenvalue weighted by Gasteiger charge is -2.52. The molecule has 0 heterocycles. The molecular formula is C14H27N. The van der Waals surface area contributed by atoms with Gasteiger partial charge < -0.3 is 5.32 Å². The second-order valence-corrected chi connectivity index (χ2v) is 7.22. The lowest BCUT2D eigenvalue weighted by Crippen LogP contribution is -2.58. The molecule has 15 heavy (non-hydrogen) atoms. The van der Waals surface area contributed by atoms with Gasteiger partial charge in [0.25, 0.3) is 0 Å². The Morgan fingerprint density at radius 1 is 1.00 bits per heavy atom. The largest absolute Gasteiger partial charge is 0.314 e. The Bertz CT molecular complexity index is 289. The van der Waals surface area contributed by atoms with Gasteiger partial charge in [-0.1, -0.05) is 34.6 Å². The van der Waals surface area contributed by atoms with Crippen LogP contribution in [0.1, 0.15) is 54.4 Å². The number of hydrogen-bond acceptors (Lipinski definition) is 1. The molecule has 88 valence electrons. The zero-order chi connectivity index (χ0) is 11.7. The van der Waals surface area contributed by atoms with Crippen molar-refractivity contribution in [2.45, 2.75) is 59.9 Å². The van der Waals surface area contributed by atoms with Crippen LogP contribution < -0.4 is 5.32 Å². The highest BCUT2D eigenvalue weighted by atomic mass is 15.0. The first-order chi connectivity index (χ1) is 6.65. The van der Waals surface area contributed by atoms with E-state index in [1.165, 1.54) is 12.8 Å². The van der Waals surface area contributed by atoms with E-state index in [1.807, 2.05) is 0 Å². The quantitative estimate of drug-likeness (QED) is 0.697. The third-order valence-electron chi connectivity index (χ3n) is 7.12. The third kappa shape index (κ3) is 0.868. The standard InChI is InChI=1S/C14H27N/c1-11(2)10-8-9-13(11,5)12(3,4)14(10,6)15-7/h10,15H,8-9H2,1-7H3/t10-,13+,14+/m1/s1. The molecule has 0 aromatic heterocycles. The molecule has 0 aromatic carbocycles. The molecule has 2 fully saturated rings. The molecule has 1 nitrogen and oxygen atoms in total. The molecular weight excluding hydrogens is 182 g/mol. The number of nitrogens with one attached hydrogen (secondary N) is 1. The summed E-state index contributed by atoms with van der Waals surface area (Å²) in [5, 5.41) is 3.64. The maximum atomic E-state index is 3.64. The predicted molar refractivity (Wildman–Crippen MR) is 65.9 cm³/mol. The Morgan fingerprint density at radius 2 is 1.53 bits per heavy atom. The van der Waals surface area contributed by atoms with Crippen molar-refractivity contribution < 1.29 is 0 Å². The van der Waals surface area contributed by atoms with Crippen LogP contribution >= 0.6 is 0 Å². The Kier molecular flexibility index (Phi) is 1.99. The summed E-state index contributed by atoms with van der Waals surface area (Å²) in [5.74, 6) is 0.815. The molecule has 2 saturated carbocycles. The maximum Gasteiger partial charge on any atom is 0.0240 e. The average molecular weight is 209 g/mol. The lowest BCUT2D eigenvalue weighted by molar-refractivity contribution is -0.000605. The fourth-order valence-corrected chi connectivity index (χ4v) is 5.12. The Morgan fingerprint density at radius 3 is 1.80 bits per heavy atom. The Hall–Kier alpha value is -0.0400. The molecule has 2 rings (SSSR count). The molecule has 2 aliphatic carbocycles. The number of rotatable bonds is 1. The first-order valence-corrected chi connectivity index (χ1v) is 6.34. The van der Waals surface area contributed by atoms with Crippen molar-refractivity contribution in [1.29, 1.82) is 0 Å². The molecule has 0 unspecified atom stereocenters. The molecule has 1 heteroatoms. The van der Waals surface area contributed by atoms with Gasteiger partial charge in [0.05, 0.1) is 0 Å². The summed E-state index contributed by atoms with van der Waals surface area (Å²) in [7, 11) is 2.14. The average Bonchev–Trinajstić information content (AvgIpc) is 2.41. The fraction of sp³-hybridized carbons (Fsp3) is 1.00. The van der Waals surface area contributed by atoms with E-state index in [2.05, 4.69) is 53.9 Å². The SMILES string of the molecule is CN[C@@]1(C)[C@@H]2CC[C@@](C)(C2(C)C)C1(C)C. The summed E-state index contributed by atoms with van der Waals surface area (Å²) < 4.78 is 0. The third-order valence-corrected chi connectivity index (χ3v) is 7.12. The van der Waals surface area contributed by atoms with Crippen LogP contribution in [0.4, 0.5) is 0 Å². The summed E-state index contributed by atoms with van der Waals surface area (Å²) in [6, 6.07) is 0. The summed E-state index contributed by atoms with van der Waals surface area (Å²) in [6.07, 6.45) is 2.79. The van der Waals surface area contributed by atoms with Gasteiger partial charge in [0.15, 0.2) is 0 Å². The van der Waals surface area contributed by atoms with Gasteiger partial charge in [-0.15, -0.1) is 0 Å². The van der Waals surface area contributed by atoms with Crippen molar-refractivity contribution in [3.05, 3.63) is 0 Å². The van der Waals surface area contributed by atoms with Crippen molar-refractivity contribution in [3.63, 3.8) is 0 Å². The Labute approximate surface area is 95.0 Å². The molecule has 1 N–H and O–H groups in total. The minimum atomic E-state index is 0.295. The van der Waals surface area contributed by atoms with E-state index >= 15 is 0 Å². The van der Waals surface area contributed by atoms with Gasteiger partial charge in [-0.3, -0.25) is 0 Å². The van der Waals surface area contributed by atoms with Crippen molar-refractivity contribution in [3.8, 4) is 0 Å². The van der Waals surface area contributed by atoms with Crippen molar-refractivity contribution >= 4 is 0 Å². The highest BCUT2D eigenvalue weighted by Crippen LogP contribution is 2.76. The van der Waals surface area contributed by atoms with Crippen molar-refractivity contribution in [1.82, 2.24) is 5.32 Å². The van der Waals surface area contributed by atoms with Crippen LogP contribution in [0.3, 0.4) is 0 Å². The van der Waals surface area contributed by atoms with E-state index in [0.29, 0.717) is 21.8 Å². The van der Waals surface area contributed by atoms with Gasteiger partial charge in [-0.25, -0.2) is 0 Å². The van der Waals surface area contributed by atoms with E-state index in [0.717, 1.165) is 5.92 Å². The minimum Gasteiger partial charge on any atom is -0.314 e. The van der Waals surface area contributed by atoms with Crippen molar-refractivity contribution in [2.75, 3.05) is 7.05 Å². The van der Waals surface area contributed by atoms with Gasteiger partial charge in [0, 0.05) is 5.54 Å². The molecule has 0 spiro atoms. The fourth-order valence-electron chi connectivity index (χ4n) is 5.12. The molecule has 0 amide bonds. The van der Waals surface area contributed by atoms with Crippen LogP contribution in [-0.2, 0) is 0 Å². The first kappa shape index (κ1) is 11.4. The summed E-state index contributed by atoms with van der Waals surface area (Å²) in [5.41, 5.74) is 1.61. The van der Waals surface area contributed by atoms with E-state index < -0.39 is 0 Å². The predicted octanol–water partition coefficient (Wildman–Crippen LogP) is 3.45. The van der Waals surface area contributed by atoms with E-state index in [1.54, 1.807) is 0 Å². The van der Waals surface area contributed by atoms with E-state index in [4.69, 9.17) is 0 Å². The molecule has 3 atom stereocenters. The molecule has 2 bridgehead atoms. The number of hydrogen-bond donors (Lipinski definition) is 1. The second kappa shape index (κ2) is 2.61. The second-order valence-electron chi connectivity index (χ2n) is 7.22. The zero-order valence-electron chi connectivity index (χ0n) is 11.5. The van der Waals surface area contributed by atoms with E-state index in [9.17, 15) is 0 Å². The van der Waals surface area contributed by atoms with Crippen LogP contribution in [-0.4, -0.2) is 12.6 Å². The molecule has 2 aliphatic rings. The Balaban J connectivity index is 2.60. The van der Waals surface area contributed by atoms with Crippen LogP contribution in [0.25, 0.3) is 0 Å². The number of fused-ring (bicyclic) bond motifs is 2. The highest BCUT2D eigenvalue weighted by Gasteiger charge is 2.74. The van der Waals surface area contributed by atoms with Gasteiger partial charge in [0.1, 0.15) is 0 Å². The van der Waals surface area contributed by atoms with Crippen LogP contribution in [0.2, 0.25) is 0 Å². The van der Waals surface area contributed by atoms with Gasteiger partial charge >= 0.3 is 0 Å². The van der Waals surface area contributed by atoms with E-state index in [-0.39, 0.29) is 0 Å². The molecule has 0 aromatic rings. The van der Waals surface area contributed by atoms with Crippen LogP contribution in [0.15, 0.2) is 0 Å². The first-order valence-electron chi connectivity index (χ1n) is 6.34. The lowest BCUT2D eigenvalue weighted by atomic mass is 9.56.